The van der Waals surface area contributed by atoms with Crippen molar-refractivity contribution in [2.75, 3.05) is 6.54 Å². The molecule has 0 aromatic heterocycles. The van der Waals surface area contributed by atoms with Gasteiger partial charge < -0.3 is 10.6 Å². The first-order chi connectivity index (χ1) is 8.56. The van der Waals surface area contributed by atoms with Crippen molar-refractivity contribution in [1.82, 2.24) is 10.6 Å². The molecule has 19 heavy (non-hydrogen) atoms. The molecular weight excluding hydrogens is 267 g/mol. The molecule has 1 aromatic carbocycles. The molecule has 106 valence electrons. The molecule has 1 saturated heterocycles. The highest BCUT2D eigenvalue weighted by Gasteiger charge is 2.21. The smallest absolute Gasteiger partial charge is 0.254 e. The summed E-state index contributed by atoms with van der Waals surface area (Å²) in [6.07, 6.45) is 1.78. The minimum absolute atomic E-state index is 0. The fraction of sp³-hybridized carbons (Fsp3) is 0.500. The Morgan fingerprint density at radius 2 is 2.21 bits per heavy atom. The molecule has 2 unspecified atom stereocenters. The Labute approximate surface area is 119 Å². The Morgan fingerprint density at radius 1 is 1.47 bits per heavy atom. The third-order valence-corrected chi connectivity index (χ3v) is 3.33. The van der Waals surface area contributed by atoms with Crippen molar-refractivity contribution < 1.29 is 9.18 Å². The second-order valence-electron chi connectivity index (χ2n) is 5.03. The molecule has 2 N–H and O–H groups in total. The van der Waals surface area contributed by atoms with Crippen LogP contribution in [0.3, 0.4) is 0 Å². The first-order valence-corrected chi connectivity index (χ1v) is 6.36. The second-order valence-corrected chi connectivity index (χ2v) is 5.03. The van der Waals surface area contributed by atoms with Gasteiger partial charge in [-0.1, -0.05) is 11.6 Å². The summed E-state index contributed by atoms with van der Waals surface area (Å²) in [6.45, 7) is 4.83. The number of hydrogen-bond acceptors (Lipinski definition) is 2. The molecule has 5 heteroatoms. The minimum atomic E-state index is -0.458. The molecule has 0 radical (unpaired) electrons. The number of nitrogens with one attached hydrogen (secondary N) is 2. The molecule has 1 amide bonds. The number of rotatable bonds is 2. The van der Waals surface area contributed by atoms with Crippen LogP contribution in [-0.2, 0) is 0 Å². The van der Waals surface area contributed by atoms with Crippen LogP contribution < -0.4 is 10.6 Å². The average Bonchev–Trinajstić information content (AvgIpc) is 2.32. The van der Waals surface area contributed by atoms with E-state index < -0.39 is 5.82 Å². The standard InChI is InChI=1S/C14H19FN2O.ClH/c1-9-3-4-13(15)12(7-9)14(18)17-11-5-6-16-10(2)8-11;/h3-4,7,10-11,16H,5-6,8H2,1-2H3,(H,17,18);1H. The highest BCUT2D eigenvalue weighted by Crippen LogP contribution is 2.13. The fourth-order valence-electron chi connectivity index (χ4n) is 2.34. The number of benzene rings is 1. The van der Waals surface area contributed by atoms with Gasteiger partial charge in [0.15, 0.2) is 0 Å². The minimum Gasteiger partial charge on any atom is -0.349 e. The Hall–Kier alpha value is -1.13. The van der Waals surface area contributed by atoms with E-state index in [4.69, 9.17) is 0 Å². The lowest BCUT2D eigenvalue weighted by Gasteiger charge is -2.28. The Balaban J connectivity index is 0.00000180. The molecule has 1 heterocycles. The predicted octanol–water partition coefficient (Wildman–Crippen LogP) is 2.43. The summed E-state index contributed by atoms with van der Waals surface area (Å²) < 4.78 is 13.6. The van der Waals surface area contributed by atoms with Gasteiger partial charge in [-0.25, -0.2) is 4.39 Å². The second kappa shape index (κ2) is 6.87. The van der Waals surface area contributed by atoms with Crippen LogP contribution in [0, 0.1) is 12.7 Å². The van der Waals surface area contributed by atoms with Crippen molar-refractivity contribution in [1.29, 1.82) is 0 Å². The molecule has 3 nitrogen and oxygen atoms in total. The first-order valence-electron chi connectivity index (χ1n) is 6.36. The summed E-state index contributed by atoms with van der Waals surface area (Å²) in [5.74, 6) is -0.768. The summed E-state index contributed by atoms with van der Waals surface area (Å²) in [7, 11) is 0. The van der Waals surface area contributed by atoms with E-state index in [1.807, 2.05) is 6.92 Å². The molecular formula is C14H20ClFN2O. The van der Waals surface area contributed by atoms with E-state index in [2.05, 4.69) is 17.6 Å². The van der Waals surface area contributed by atoms with E-state index in [1.54, 1.807) is 12.1 Å². The zero-order chi connectivity index (χ0) is 13.1. The van der Waals surface area contributed by atoms with Crippen molar-refractivity contribution in [2.45, 2.75) is 38.8 Å². The quantitative estimate of drug-likeness (QED) is 0.877. The number of halogens is 2. The maximum Gasteiger partial charge on any atom is 0.254 e. The van der Waals surface area contributed by atoms with Crippen molar-refractivity contribution in [3.05, 3.63) is 35.1 Å². The van der Waals surface area contributed by atoms with Crippen LogP contribution in [0.4, 0.5) is 4.39 Å². The van der Waals surface area contributed by atoms with Gasteiger partial charge in [-0.2, -0.15) is 0 Å². The van der Waals surface area contributed by atoms with Gasteiger partial charge in [0.2, 0.25) is 0 Å². The summed E-state index contributed by atoms with van der Waals surface area (Å²) >= 11 is 0. The molecule has 0 aliphatic carbocycles. The highest BCUT2D eigenvalue weighted by atomic mass is 35.5. The normalized spacial score (nSPS) is 22.5. The van der Waals surface area contributed by atoms with E-state index in [0.717, 1.165) is 24.9 Å². The molecule has 1 aliphatic rings. The van der Waals surface area contributed by atoms with Crippen LogP contribution in [0.5, 0.6) is 0 Å². The van der Waals surface area contributed by atoms with Crippen LogP contribution >= 0.6 is 12.4 Å². The summed E-state index contributed by atoms with van der Waals surface area (Å²) in [4.78, 5) is 12.0. The molecule has 0 spiro atoms. The molecule has 0 bridgehead atoms. The third-order valence-electron chi connectivity index (χ3n) is 3.33. The highest BCUT2D eigenvalue weighted by molar-refractivity contribution is 5.94. The van der Waals surface area contributed by atoms with E-state index in [0.29, 0.717) is 6.04 Å². The number of carbonyl (C=O) groups is 1. The van der Waals surface area contributed by atoms with Gasteiger partial charge in [-0.05, 0) is 45.4 Å². The van der Waals surface area contributed by atoms with Crippen molar-refractivity contribution >= 4 is 18.3 Å². The van der Waals surface area contributed by atoms with Crippen LogP contribution in [0.15, 0.2) is 18.2 Å². The zero-order valence-electron chi connectivity index (χ0n) is 11.2. The maximum absolute atomic E-state index is 13.6. The van der Waals surface area contributed by atoms with Crippen LogP contribution in [0.25, 0.3) is 0 Å². The van der Waals surface area contributed by atoms with E-state index in [-0.39, 0.29) is 29.9 Å². The van der Waals surface area contributed by atoms with Crippen molar-refractivity contribution in [3.8, 4) is 0 Å². The number of aryl methyl sites for hydroxylation is 1. The van der Waals surface area contributed by atoms with Gasteiger partial charge in [-0.3, -0.25) is 4.79 Å². The third kappa shape index (κ3) is 4.18. The molecule has 2 rings (SSSR count). The first kappa shape index (κ1) is 15.9. The Morgan fingerprint density at radius 3 is 2.89 bits per heavy atom. The van der Waals surface area contributed by atoms with Crippen molar-refractivity contribution in [3.63, 3.8) is 0 Å². The van der Waals surface area contributed by atoms with Crippen LogP contribution in [0.2, 0.25) is 0 Å². The summed E-state index contributed by atoms with van der Waals surface area (Å²) in [6, 6.07) is 5.13. The summed E-state index contributed by atoms with van der Waals surface area (Å²) in [5, 5.41) is 6.23. The van der Waals surface area contributed by atoms with Gasteiger partial charge in [0.05, 0.1) is 5.56 Å². The fourth-order valence-corrected chi connectivity index (χ4v) is 2.34. The van der Waals surface area contributed by atoms with E-state index >= 15 is 0 Å². The lowest BCUT2D eigenvalue weighted by atomic mass is 10.00. The Kier molecular flexibility index (Phi) is 5.76. The van der Waals surface area contributed by atoms with Gasteiger partial charge >= 0.3 is 0 Å². The summed E-state index contributed by atoms with van der Waals surface area (Å²) in [5.41, 5.74) is 1.03. The molecule has 1 fully saturated rings. The average molecular weight is 287 g/mol. The molecule has 1 aliphatic heterocycles. The number of carbonyl (C=O) groups excluding carboxylic acids is 1. The van der Waals surface area contributed by atoms with Gasteiger partial charge in [-0.15, -0.1) is 12.4 Å². The topological polar surface area (TPSA) is 41.1 Å². The van der Waals surface area contributed by atoms with Gasteiger partial charge in [0.25, 0.3) is 5.91 Å². The molecule has 1 aromatic rings. The SMILES string of the molecule is Cc1ccc(F)c(C(=O)NC2CCNC(C)C2)c1.Cl. The van der Waals surface area contributed by atoms with Gasteiger partial charge in [0, 0.05) is 12.1 Å². The predicted molar refractivity (Wildman–Crippen MR) is 76.3 cm³/mol. The lowest BCUT2D eigenvalue weighted by molar-refractivity contribution is 0.0921. The largest absolute Gasteiger partial charge is 0.349 e. The van der Waals surface area contributed by atoms with Crippen molar-refractivity contribution in [2.24, 2.45) is 0 Å². The van der Waals surface area contributed by atoms with Crippen LogP contribution in [-0.4, -0.2) is 24.5 Å². The van der Waals surface area contributed by atoms with E-state index in [1.165, 1.54) is 6.07 Å². The van der Waals surface area contributed by atoms with Crippen LogP contribution in [0.1, 0.15) is 35.7 Å². The van der Waals surface area contributed by atoms with Gasteiger partial charge in [0.1, 0.15) is 5.82 Å². The molecule has 0 saturated carbocycles. The monoisotopic (exact) mass is 286 g/mol. The molecule has 2 atom stereocenters. The Bertz CT molecular complexity index is 453. The van der Waals surface area contributed by atoms with E-state index in [9.17, 15) is 9.18 Å². The number of piperidine rings is 1. The number of amides is 1. The zero-order valence-corrected chi connectivity index (χ0v) is 12.0. The maximum atomic E-state index is 13.6. The lowest BCUT2D eigenvalue weighted by Crippen LogP contribution is -2.46. The number of hydrogen-bond donors (Lipinski definition) is 2.